The van der Waals surface area contributed by atoms with E-state index in [4.69, 9.17) is 9.26 Å². The Kier molecular flexibility index (Phi) is 4.99. The van der Waals surface area contributed by atoms with Gasteiger partial charge in [0.05, 0.1) is 18.0 Å². The summed E-state index contributed by atoms with van der Waals surface area (Å²) < 4.78 is 10.7. The molecule has 6 heteroatoms. The molecule has 2 aromatic carbocycles. The third-order valence-electron chi connectivity index (χ3n) is 3.15. The zero-order valence-corrected chi connectivity index (χ0v) is 12.8. The Morgan fingerprint density at radius 1 is 1.12 bits per heavy atom. The minimum absolute atomic E-state index is 0.155. The quantitative estimate of drug-likeness (QED) is 0.559. The van der Waals surface area contributed by atoms with Crippen molar-refractivity contribution in [3.63, 3.8) is 0 Å². The van der Waals surface area contributed by atoms with Crippen LogP contribution in [0.1, 0.15) is 5.56 Å². The number of carbonyl (C=O) groups excluding carboxylic acids is 1. The van der Waals surface area contributed by atoms with Gasteiger partial charge in [-0.1, -0.05) is 47.6 Å². The number of aromatic nitrogens is 1. The van der Waals surface area contributed by atoms with Gasteiger partial charge in [0, 0.05) is 6.07 Å². The van der Waals surface area contributed by atoms with E-state index in [0.29, 0.717) is 11.5 Å². The maximum atomic E-state index is 11.8. The summed E-state index contributed by atoms with van der Waals surface area (Å²) in [6.07, 6.45) is 3.12. The van der Waals surface area contributed by atoms with Crippen molar-refractivity contribution in [1.29, 1.82) is 0 Å². The van der Waals surface area contributed by atoms with E-state index in [2.05, 4.69) is 15.7 Å². The second-order valence-corrected chi connectivity index (χ2v) is 4.87. The molecule has 0 aliphatic heterocycles. The van der Waals surface area contributed by atoms with Gasteiger partial charge >= 0.3 is 0 Å². The Morgan fingerprint density at radius 2 is 1.92 bits per heavy atom. The van der Waals surface area contributed by atoms with Gasteiger partial charge in [-0.25, -0.2) is 5.43 Å². The normalized spacial score (nSPS) is 10.7. The number of rotatable bonds is 6. The molecule has 3 rings (SSSR count). The number of para-hydroxylation sites is 1. The number of hydrazone groups is 1. The Morgan fingerprint density at radius 3 is 2.71 bits per heavy atom. The van der Waals surface area contributed by atoms with Crippen LogP contribution in [-0.4, -0.2) is 23.9 Å². The average molecular weight is 321 g/mol. The van der Waals surface area contributed by atoms with Crippen molar-refractivity contribution in [2.75, 3.05) is 6.61 Å². The van der Waals surface area contributed by atoms with Gasteiger partial charge in [0.1, 0.15) is 5.75 Å². The third kappa shape index (κ3) is 4.07. The Bertz CT molecular complexity index is 815. The minimum Gasteiger partial charge on any atom is -0.483 e. The van der Waals surface area contributed by atoms with E-state index in [1.54, 1.807) is 24.5 Å². The number of nitrogens with zero attached hydrogens (tertiary/aromatic N) is 2. The zero-order chi connectivity index (χ0) is 16.6. The Balaban J connectivity index is 1.56. The fourth-order valence-electron chi connectivity index (χ4n) is 2.04. The molecule has 0 aliphatic carbocycles. The third-order valence-corrected chi connectivity index (χ3v) is 3.15. The van der Waals surface area contributed by atoms with Crippen LogP contribution >= 0.6 is 0 Å². The van der Waals surface area contributed by atoms with Crippen LogP contribution < -0.4 is 10.2 Å². The molecule has 1 amide bonds. The van der Waals surface area contributed by atoms with Crippen LogP contribution in [0.15, 0.2) is 76.5 Å². The van der Waals surface area contributed by atoms with Gasteiger partial charge in [0.15, 0.2) is 12.4 Å². The van der Waals surface area contributed by atoms with Gasteiger partial charge in [-0.05, 0) is 17.7 Å². The zero-order valence-electron chi connectivity index (χ0n) is 12.8. The van der Waals surface area contributed by atoms with E-state index in [-0.39, 0.29) is 12.5 Å². The maximum Gasteiger partial charge on any atom is 0.277 e. The molecule has 0 bridgehead atoms. The van der Waals surface area contributed by atoms with Crippen LogP contribution in [0, 0.1) is 0 Å². The fourth-order valence-corrected chi connectivity index (χ4v) is 2.04. The van der Waals surface area contributed by atoms with Crippen molar-refractivity contribution in [2.24, 2.45) is 5.10 Å². The van der Waals surface area contributed by atoms with Crippen LogP contribution in [0.2, 0.25) is 0 Å². The second-order valence-electron chi connectivity index (χ2n) is 4.87. The van der Waals surface area contributed by atoms with Crippen molar-refractivity contribution in [3.05, 3.63) is 72.4 Å². The smallest absolute Gasteiger partial charge is 0.277 e. The molecule has 0 spiro atoms. The van der Waals surface area contributed by atoms with Crippen LogP contribution in [-0.2, 0) is 4.79 Å². The molecule has 6 nitrogen and oxygen atoms in total. The predicted octanol–water partition coefficient (Wildman–Crippen LogP) is 2.87. The lowest BCUT2D eigenvalue weighted by atomic mass is 10.1. The molecule has 0 fully saturated rings. The van der Waals surface area contributed by atoms with E-state index >= 15 is 0 Å². The van der Waals surface area contributed by atoms with Crippen LogP contribution in [0.4, 0.5) is 0 Å². The second kappa shape index (κ2) is 7.73. The average Bonchev–Trinajstić information content (AvgIpc) is 3.16. The number of hydrogen-bond donors (Lipinski definition) is 1. The van der Waals surface area contributed by atoms with Gasteiger partial charge in [0.2, 0.25) is 0 Å². The molecule has 0 unspecified atom stereocenters. The molecule has 0 saturated heterocycles. The molecule has 3 aromatic rings. The lowest BCUT2D eigenvalue weighted by molar-refractivity contribution is -0.123. The molecule has 0 saturated carbocycles. The number of hydrogen-bond acceptors (Lipinski definition) is 5. The number of carbonyl (C=O) groups is 1. The van der Waals surface area contributed by atoms with Gasteiger partial charge < -0.3 is 9.26 Å². The van der Waals surface area contributed by atoms with Crippen molar-refractivity contribution in [2.45, 2.75) is 0 Å². The molecule has 0 aliphatic rings. The van der Waals surface area contributed by atoms with Crippen molar-refractivity contribution < 1.29 is 14.1 Å². The summed E-state index contributed by atoms with van der Waals surface area (Å²) >= 11 is 0. The molecule has 24 heavy (non-hydrogen) atoms. The van der Waals surface area contributed by atoms with E-state index < -0.39 is 0 Å². The maximum absolute atomic E-state index is 11.8. The Labute approximate surface area is 138 Å². The summed E-state index contributed by atoms with van der Waals surface area (Å²) in [5.41, 5.74) is 4.05. The molecular formula is C18H15N3O3. The summed E-state index contributed by atoms with van der Waals surface area (Å²) in [7, 11) is 0. The van der Waals surface area contributed by atoms with Crippen LogP contribution in [0.25, 0.3) is 11.3 Å². The van der Waals surface area contributed by atoms with Crippen molar-refractivity contribution >= 4 is 12.1 Å². The summed E-state index contributed by atoms with van der Waals surface area (Å²) in [5.74, 6) is 0.763. The molecular weight excluding hydrogens is 306 g/mol. The molecule has 0 atom stereocenters. The molecule has 1 N–H and O–H groups in total. The summed E-state index contributed by atoms with van der Waals surface area (Å²) in [6.45, 7) is -0.155. The van der Waals surface area contributed by atoms with Gasteiger partial charge in [0.25, 0.3) is 5.91 Å². The summed E-state index contributed by atoms with van der Waals surface area (Å²) in [4.78, 5) is 11.8. The first-order chi connectivity index (χ1) is 11.8. The first-order valence-electron chi connectivity index (χ1n) is 7.33. The van der Waals surface area contributed by atoms with E-state index in [9.17, 15) is 4.79 Å². The SMILES string of the molecule is O=C(COc1ccccc1-c1ccno1)N/N=C/c1ccccc1. The highest BCUT2D eigenvalue weighted by atomic mass is 16.5. The highest BCUT2D eigenvalue weighted by Crippen LogP contribution is 2.29. The van der Waals surface area contributed by atoms with Crippen LogP contribution in [0.5, 0.6) is 5.75 Å². The number of benzene rings is 2. The van der Waals surface area contributed by atoms with Crippen molar-refractivity contribution in [3.8, 4) is 17.1 Å². The summed E-state index contributed by atoms with van der Waals surface area (Å²) in [6, 6.07) is 18.5. The number of nitrogens with one attached hydrogen (secondary N) is 1. The topological polar surface area (TPSA) is 76.7 Å². The van der Waals surface area contributed by atoms with Crippen molar-refractivity contribution in [1.82, 2.24) is 10.6 Å². The molecule has 0 radical (unpaired) electrons. The monoisotopic (exact) mass is 321 g/mol. The van der Waals surface area contributed by atoms with Gasteiger partial charge in [-0.15, -0.1) is 0 Å². The minimum atomic E-state index is -0.352. The standard InChI is InChI=1S/C18H15N3O3/c22-18(21-19-12-14-6-2-1-3-7-14)13-23-16-9-5-4-8-15(16)17-10-11-20-24-17/h1-12H,13H2,(H,21,22)/b19-12+. The van der Waals surface area contributed by atoms with Gasteiger partial charge in [-0.3, -0.25) is 4.79 Å². The molecule has 1 heterocycles. The first kappa shape index (κ1) is 15.5. The van der Waals surface area contributed by atoms with Crippen LogP contribution in [0.3, 0.4) is 0 Å². The number of amides is 1. The van der Waals surface area contributed by atoms with E-state index in [1.807, 2.05) is 48.5 Å². The fraction of sp³-hybridized carbons (Fsp3) is 0.0556. The van der Waals surface area contributed by atoms with E-state index in [0.717, 1.165) is 11.1 Å². The lowest BCUT2D eigenvalue weighted by Crippen LogP contribution is -2.24. The largest absolute Gasteiger partial charge is 0.483 e. The highest BCUT2D eigenvalue weighted by molar-refractivity contribution is 5.83. The predicted molar refractivity (Wildman–Crippen MR) is 89.6 cm³/mol. The van der Waals surface area contributed by atoms with E-state index in [1.165, 1.54) is 0 Å². The first-order valence-corrected chi connectivity index (χ1v) is 7.33. The lowest BCUT2D eigenvalue weighted by Gasteiger charge is -2.08. The molecule has 1 aromatic heterocycles. The Hall–Kier alpha value is -3.41. The molecule has 120 valence electrons. The highest BCUT2D eigenvalue weighted by Gasteiger charge is 2.10. The van der Waals surface area contributed by atoms with Gasteiger partial charge in [-0.2, -0.15) is 5.10 Å². The summed E-state index contributed by atoms with van der Waals surface area (Å²) in [5, 5.41) is 7.57. The number of ether oxygens (including phenoxy) is 1.